The van der Waals surface area contributed by atoms with Crippen molar-refractivity contribution in [3.05, 3.63) is 29.6 Å². The number of aromatic amines is 1. The SMILES string of the molecule is C=CCN(CC1CC1)C(=O)c1n[nH]c2c1CN(C(=O)OC(C)(C)C)CC2. The number of hydrogen-bond donors (Lipinski definition) is 1. The molecule has 0 atom stereocenters. The van der Waals surface area contributed by atoms with Gasteiger partial charge in [0.25, 0.3) is 5.91 Å². The van der Waals surface area contributed by atoms with Crippen LogP contribution in [0.4, 0.5) is 4.79 Å². The van der Waals surface area contributed by atoms with Gasteiger partial charge in [-0.1, -0.05) is 6.08 Å². The molecule has 3 rings (SSSR count). The Morgan fingerprint density at radius 1 is 1.42 bits per heavy atom. The average molecular weight is 360 g/mol. The fourth-order valence-electron chi connectivity index (χ4n) is 3.11. The maximum Gasteiger partial charge on any atom is 0.410 e. The molecule has 1 aromatic heterocycles. The summed E-state index contributed by atoms with van der Waals surface area (Å²) in [6.45, 7) is 11.4. The van der Waals surface area contributed by atoms with Gasteiger partial charge in [-0.2, -0.15) is 5.10 Å². The number of nitrogens with one attached hydrogen (secondary N) is 1. The molecule has 2 heterocycles. The summed E-state index contributed by atoms with van der Waals surface area (Å²) in [5, 5.41) is 7.25. The van der Waals surface area contributed by atoms with Crippen LogP contribution in [0.5, 0.6) is 0 Å². The van der Waals surface area contributed by atoms with Crippen molar-refractivity contribution in [2.75, 3.05) is 19.6 Å². The molecular weight excluding hydrogens is 332 g/mol. The number of aromatic nitrogens is 2. The smallest absolute Gasteiger partial charge is 0.410 e. The molecule has 0 radical (unpaired) electrons. The first-order valence-electron chi connectivity index (χ1n) is 9.22. The second-order valence-corrected chi connectivity index (χ2v) is 8.12. The predicted molar refractivity (Wildman–Crippen MR) is 97.8 cm³/mol. The summed E-state index contributed by atoms with van der Waals surface area (Å²) in [6.07, 6.45) is 4.37. The monoisotopic (exact) mass is 360 g/mol. The van der Waals surface area contributed by atoms with Crippen LogP contribution < -0.4 is 0 Å². The average Bonchev–Trinajstić information content (AvgIpc) is 3.28. The molecule has 1 aromatic rings. The highest BCUT2D eigenvalue weighted by atomic mass is 16.6. The maximum atomic E-state index is 13.0. The Balaban J connectivity index is 1.75. The number of ether oxygens (including phenoxy) is 1. The molecule has 2 amide bonds. The van der Waals surface area contributed by atoms with E-state index in [1.54, 1.807) is 15.9 Å². The summed E-state index contributed by atoms with van der Waals surface area (Å²) in [6, 6.07) is 0. The third kappa shape index (κ3) is 4.26. The van der Waals surface area contributed by atoms with Gasteiger partial charge in [0.2, 0.25) is 0 Å². The number of carbonyl (C=O) groups is 2. The molecule has 1 saturated carbocycles. The van der Waals surface area contributed by atoms with Crippen LogP contribution in [0.15, 0.2) is 12.7 Å². The highest BCUT2D eigenvalue weighted by molar-refractivity contribution is 5.94. The van der Waals surface area contributed by atoms with E-state index in [1.165, 1.54) is 12.8 Å². The molecule has 0 saturated heterocycles. The van der Waals surface area contributed by atoms with Gasteiger partial charge in [0.05, 0.1) is 6.54 Å². The molecule has 7 nitrogen and oxygen atoms in total. The van der Waals surface area contributed by atoms with Crippen molar-refractivity contribution < 1.29 is 14.3 Å². The second-order valence-electron chi connectivity index (χ2n) is 8.12. The standard InChI is InChI=1S/C19H28N4O3/c1-5-9-22(11-13-6-7-13)17(24)16-14-12-23(10-8-15(14)20-21-16)18(25)26-19(2,3)4/h5,13H,1,6-12H2,2-4H3,(H,20,21). The third-order valence-corrected chi connectivity index (χ3v) is 4.60. The summed E-state index contributed by atoms with van der Waals surface area (Å²) in [5.74, 6) is 0.493. The van der Waals surface area contributed by atoms with E-state index in [0.29, 0.717) is 37.7 Å². The Bertz CT molecular complexity index is 700. The van der Waals surface area contributed by atoms with Gasteiger partial charge in [0.1, 0.15) is 5.60 Å². The van der Waals surface area contributed by atoms with Crippen molar-refractivity contribution in [2.45, 2.75) is 52.2 Å². The van der Waals surface area contributed by atoms with Gasteiger partial charge in [-0.05, 0) is 39.5 Å². The van der Waals surface area contributed by atoms with E-state index < -0.39 is 5.60 Å². The van der Waals surface area contributed by atoms with Crippen LogP contribution in [0, 0.1) is 5.92 Å². The molecule has 0 bridgehead atoms. The number of amides is 2. The highest BCUT2D eigenvalue weighted by Crippen LogP contribution is 2.30. The first kappa shape index (κ1) is 18.5. The zero-order valence-electron chi connectivity index (χ0n) is 15.9. The van der Waals surface area contributed by atoms with E-state index in [2.05, 4.69) is 16.8 Å². The molecule has 0 unspecified atom stereocenters. The molecule has 26 heavy (non-hydrogen) atoms. The van der Waals surface area contributed by atoms with Crippen molar-refractivity contribution in [2.24, 2.45) is 5.92 Å². The molecule has 142 valence electrons. The lowest BCUT2D eigenvalue weighted by atomic mass is 10.0. The zero-order valence-corrected chi connectivity index (χ0v) is 15.9. The minimum absolute atomic E-state index is 0.0969. The Labute approximate surface area is 154 Å². The molecule has 1 fully saturated rings. The number of fused-ring (bicyclic) bond motifs is 1. The van der Waals surface area contributed by atoms with Gasteiger partial charge >= 0.3 is 6.09 Å². The summed E-state index contributed by atoms with van der Waals surface area (Å²) in [5.41, 5.74) is 1.60. The maximum absolute atomic E-state index is 13.0. The number of rotatable bonds is 5. The van der Waals surface area contributed by atoms with Crippen LogP contribution in [-0.4, -0.2) is 57.2 Å². The molecule has 7 heteroatoms. The van der Waals surface area contributed by atoms with E-state index in [4.69, 9.17) is 4.74 Å². The van der Waals surface area contributed by atoms with E-state index in [0.717, 1.165) is 17.8 Å². The van der Waals surface area contributed by atoms with E-state index in [1.807, 2.05) is 20.8 Å². The summed E-state index contributed by atoms with van der Waals surface area (Å²) in [7, 11) is 0. The van der Waals surface area contributed by atoms with Gasteiger partial charge in [-0.25, -0.2) is 4.79 Å². The van der Waals surface area contributed by atoms with E-state index >= 15 is 0 Å². The van der Waals surface area contributed by atoms with Crippen LogP contribution in [-0.2, 0) is 17.7 Å². The van der Waals surface area contributed by atoms with Gasteiger partial charge in [0.15, 0.2) is 5.69 Å². The number of hydrogen-bond acceptors (Lipinski definition) is 4. The Kier molecular flexibility index (Phi) is 5.07. The number of carbonyl (C=O) groups excluding carboxylic acids is 2. The Morgan fingerprint density at radius 2 is 2.15 bits per heavy atom. The van der Waals surface area contributed by atoms with Gasteiger partial charge in [0, 0.05) is 37.3 Å². The van der Waals surface area contributed by atoms with Crippen molar-refractivity contribution in [1.29, 1.82) is 0 Å². The van der Waals surface area contributed by atoms with E-state index in [9.17, 15) is 9.59 Å². The van der Waals surface area contributed by atoms with Crippen LogP contribution in [0.2, 0.25) is 0 Å². The summed E-state index contributed by atoms with van der Waals surface area (Å²) in [4.78, 5) is 28.8. The number of H-pyrrole nitrogens is 1. The van der Waals surface area contributed by atoms with Crippen LogP contribution >= 0.6 is 0 Å². The zero-order chi connectivity index (χ0) is 18.9. The van der Waals surface area contributed by atoms with Crippen LogP contribution in [0.1, 0.15) is 55.4 Å². The fraction of sp³-hybridized carbons (Fsp3) is 0.632. The lowest BCUT2D eigenvalue weighted by Gasteiger charge is -2.30. The molecule has 1 aliphatic heterocycles. The molecule has 1 N–H and O–H groups in total. The van der Waals surface area contributed by atoms with Gasteiger partial charge in [-0.3, -0.25) is 9.89 Å². The van der Waals surface area contributed by atoms with Crippen molar-refractivity contribution in [3.63, 3.8) is 0 Å². The highest BCUT2D eigenvalue weighted by Gasteiger charge is 2.33. The lowest BCUT2D eigenvalue weighted by Crippen LogP contribution is -2.40. The summed E-state index contributed by atoms with van der Waals surface area (Å²) >= 11 is 0. The van der Waals surface area contributed by atoms with Crippen LogP contribution in [0.3, 0.4) is 0 Å². The van der Waals surface area contributed by atoms with Gasteiger partial charge in [-0.15, -0.1) is 6.58 Å². The minimum Gasteiger partial charge on any atom is -0.444 e. The lowest BCUT2D eigenvalue weighted by molar-refractivity contribution is 0.0222. The first-order chi connectivity index (χ1) is 12.3. The topological polar surface area (TPSA) is 78.5 Å². The fourth-order valence-corrected chi connectivity index (χ4v) is 3.11. The first-order valence-corrected chi connectivity index (χ1v) is 9.22. The third-order valence-electron chi connectivity index (χ3n) is 4.60. The minimum atomic E-state index is -0.544. The second kappa shape index (κ2) is 7.13. The Morgan fingerprint density at radius 3 is 2.77 bits per heavy atom. The normalized spacial score (nSPS) is 16.8. The van der Waals surface area contributed by atoms with Crippen molar-refractivity contribution in [3.8, 4) is 0 Å². The predicted octanol–water partition coefficient (Wildman–Crippen LogP) is 2.74. The van der Waals surface area contributed by atoms with Gasteiger partial charge < -0.3 is 14.5 Å². The molecule has 2 aliphatic rings. The molecular formula is C19H28N4O3. The molecule has 1 aliphatic carbocycles. The Hall–Kier alpha value is -2.31. The molecule has 0 spiro atoms. The largest absolute Gasteiger partial charge is 0.444 e. The number of nitrogens with zero attached hydrogens (tertiary/aromatic N) is 3. The van der Waals surface area contributed by atoms with Crippen LogP contribution in [0.25, 0.3) is 0 Å². The quantitative estimate of drug-likeness (QED) is 0.819. The van der Waals surface area contributed by atoms with Crippen molar-refractivity contribution in [1.82, 2.24) is 20.0 Å². The van der Waals surface area contributed by atoms with Crippen molar-refractivity contribution >= 4 is 12.0 Å². The summed E-state index contributed by atoms with van der Waals surface area (Å²) < 4.78 is 5.46. The van der Waals surface area contributed by atoms with E-state index in [-0.39, 0.29) is 12.0 Å². The molecule has 0 aromatic carbocycles.